The van der Waals surface area contributed by atoms with Gasteiger partial charge in [0.25, 0.3) is 5.91 Å². The standard InChI is InChI=1S/C20H20N2O4/c1-22(11-12-26-15-9-7-14(25-2)8-10-15)20(24)17-13-19(23)21-18-6-4-3-5-16(17)18/h3-10,13H,11-12H2,1-2H3,(H,21,23). The van der Waals surface area contributed by atoms with Crippen LogP contribution in [0.2, 0.25) is 0 Å². The number of hydrogen-bond donors (Lipinski definition) is 1. The maximum Gasteiger partial charge on any atom is 0.254 e. The Hall–Kier alpha value is -3.28. The van der Waals surface area contributed by atoms with Crippen molar-refractivity contribution in [2.75, 3.05) is 27.3 Å². The molecule has 6 nitrogen and oxygen atoms in total. The first-order valence-electron chi connectivity index (χ1n) is 8.23. The number of carbonyl (C=O) groups excluding carboxylic acids is 1. The van der Waals surface area contributed by atoms with E-state index < -0.39 is 0 Å². The first-order chi connectivity index (χ1) is 12.6. The fourth-order valence-corrected chi connectivity index (χ4v) is 2.66. The number of fused-ring (bicyclic) bond motifs is 1. The number of aromatic amines is 1. The third-order valence-electron chi connectivity index (χ3n) is 4.08. The monoisotopic (exact) mass is 352 g/mol. The van der Waals surface area contributed by atoms with Crippen molar-refractivity contribution in [3.05, 3.63) is 70.5 Å². The Morgan fingerprint density at radius 1 is 1.08 bits per heavy atom. The fraction of sp³-hybridized carbons (Fsp3) is 0.200. The normalized spacial score (nSPS) is 10.5. The second kappa shape index (κ2) is 7.74. The molecule has 2 aromatic carbocycles. The largest absolute Gasteiger partial charge is 0.497 e. The van der Waals surface area contributed by atoms with Crippen molar-refractivity contribution < 1.29 is 14.3 Å². The molecule has 0 saturated carbocycles. The number of benzene rings is 2. The van der Waals surface area contributed by atoms with E-state index in [0.29, 0.717) is 30.0 Å². The Labute approximate surface area is 151 Å². The van der Waals surface area contributed by atoms with Gasteiger partial charge in [0.15, 0.2) is 0 Å². The lowest BCUT2D eigenvalue weighted by molar-refractivity contribution is 0.0775. The van der Waals surface area contributed by atoms with Gasteiger partial charge >= 0.3 is 0 Å². The molecule has 3 rings (SSSR count). The summed E-state index contributed by atoms with van der Waals surface area (Å²) < 4.78 is 10.8. The van der Waals surface area contributed by atoms with Crippen molar-refractivity contribution in [2.24, 2.45) is 0 Å². The van der Waals surface area contributed by atoms with Gasteiger partial charge in [0.1, 0.15) is 18.1 Å². The minimum atomic E-state index is -0.296. The predicted octanol–water partition coefficient (Wildman–Crippen LogP) is 2.69. The Balaban J connectivity index is 1.67. The van der Waals surface area contributed by atoms with Gasteiger partial charge in [-0.1, -0.05) is 18.2 Å². The fourth-order valence-electron chi connectivity index (χ4n) is 2.66. The molecular weight excluding hydrogens is 332 g/mol. The molecule has 0 atom stereocenters. The molecule has 0 unspecified atom stereocenters. The van der Waals surface area contributed by atoms with E-state index >= 15 is 0 Å². The van der Waals surface area contributed by atoms with Gasteiger partial charge in [-0.2, -0.15) is 0 Å². The van der Waals surface area contributed by atoms with Gasteiger partial charge in [0, 0.05) is 24.0 Å². The summed E-state index contributed by atoms with van der Waals surface area (Å²) in [5, 5.41) is 0.722. The van der Waals surface area contributed by atoms with Gasteiger partial charge in [-0.25, -0.2) is 0 Å². The number of likely N-dealkylation sites (N-methyl/N-ethyl adjacent to an activating group) is 1. The molecule has 0 radical (unpaired) electrons. The molecule has 0 fully saturated rings. The Morgan fingerprint density at radius 3 is 2.50 bits per heavy atom. The molecule has 0 bridgehead atoms. The summed E-state index contributed by atoms with van der Waals surface area (Å²) in [6.07, 6.45) is 0. The van der Waals surface area contributed by atoms with Gasteiger partial charge < -0.3 is 19.4 Å². The Bertz CT molecular complexity index is 963. The van der Waals surface area contributed by atoms with Crippen molar-refractivity contribution in [3.63, 3.8) is 0 Å². The average Bonchev–Trinajstić information content (AvgIpc) is 2.67. The zero-order chi connectivity index (χ0) is 18.5. The van der Waals surface area contributed by atoms with Crippen LogP contribution < -0.4 is 15.0 Å². The number of amides is 1. The molecule has 1 amide bonds. The summed E-state index contributed by atoms with van der Waals surface area (Å²) >= 11 is 0. The maximum absolute atomic E-state index is 12.7. The number of aromatic nitrogens is 1. The number of methoxy groups -OCH3 is 1. The van der Waals surface area contributed by atoms with E-state index in [1.165, 1.54) is 6.07 Å². The van der Waals surface area contributed by atoms with Crippen LogP contribution in [0.3, 0.4) is 0 Å². The second-order valence-corrected chi connectivity index (χ2v) is 5.84. The van der Waals surface area contributed by atoms with Crippen molar-refractivity contribution in [1.29, 1.82) is 0 Å². The number of H-pyrrole nitrogens is 1. The highest BCUT2D eigenvalue weighted by atomic mass is 16.5. The zero-order valence-corrected chi connectivity index (χ0v) is 14.7. The molecule has 26 heavy (non-hydrogen) atoms. The van der Waals surface area contributed by atoms with Crippen molar-refractivity contribution in [3.8, 4) is 11.5 Å². The number of carbonyl (C=O) groups is 1. The van der Waals surface area contributed by atoms with Crippen LogP contribution in [0.15, 0.2) is 59.4 Å². The number of pyridine rings is 1. The molecule has 134 valence electrons. The van der Waals surface area contributed by atoms with E-state index in [1.807, 2.05) is 42.5 Å². The Morgan fingerprint density at radius 2 is 1.77 bits per heavy atom. The number of para-hydroxylation sites is 1. The lowest BCUT2D eigenvalue weighted by Gasteiger charge is -2.18. The van der Waals surface area contributed by atoms with E-state index in [0.717, 1.165) is 11.1 Å². The van der Waals surface area contributed by atoms with E-state index in [1.54, 1.807) is 25.1 Å². The molecule has 1 N–H and O–H groups in total. The minimum Gasteiger partial charge on any atom is -0.497 e. The summed E-state index contributed by atoms with van der Waals surface area (Å²) in [4.78, 5) is 28.8. The highest BCUT2D eigenvalue weighted by Gasteiger charge is 2.16. The molecule has 0 saturated heterocycles. The summed E-state index contributed by atoms with van der Waals surface area (Å²) in [5.74, 6) is 1.24. The van der Waals surface area contributed by atoms with Crippen LogP contribution in [0.25, 0.3) is 10.9 Å². The number of nitrogens with one attached hydrogen (secondary N) is 1. The SMILES string of the molecule is COc1ccc(OCCN(C)C(=O)c2cc(=O)[nH]c3ccccc23)cc1. The number of rotatable bonds is 6. The molecule has 1 aromatic heterocycles. The van der Waals surface area contributed by atoms with Gasteiger partial charge in [-0.05, 0) is 30.3 Å². The lowest BCUT2D eigenvalue weighted by atomic mass is 10.1. The smallest absolute Gasteiger partial charge is 0.254 e. The van der Waals surface area contributed by atoms with Crippen molar-refractivity contribution in [2.45, 2.75) is 0 Å². The van der Waals surface area contributed by atoms with E-state index in [9.17, 15) is 9.59 Å². The molecule has 0 aliphatic rings. The van der Waals surface area contributed by atoms with Crippen molar-refractivity contribution >= 4 is 16.8 Å². The van der Waals surface area contributed by atoms with E-state index in [-0.39, 0.29) is 11.5 Å². The highest BCUT2D eigenvalue weighted by molar-refractivity contribution is 6.05. The van der Waals surface area contributed by atoms with Crippen LogP contribution in [-0.2, 0) is 0 Å². The van der Waals surface area contributed by atoms with Crippen LogP contribution in [0.1, 0.15) is 10.4 Å². The van der Waals surface area contributed by atoms with Gasteiger partial charge in [-0.15, -0.1) is 0 Å². The molecule has 1 heterocycles. The quantitative estimate of drug-likeness (QED) is 0.740. The average molecular weight is 352 g/mol. The van der Waals surface area contributed by atoms with Crippen molar-refractivity contribution in [1.82, 2.24) is 9.88 Å². The van der Waals surface area contributed by atoms with Crippen LogP contribution >= 0.6 is 0 Å². The van der Waals surface area contributed by atoms with Crippen LogP contribution in [0.4, 0.5) is 0 Å². The van der Waals surface area contributed by atoms with Crippen LogP contribution in [-0.4, -0.2) is 43.1 Å². The molecule has 0 aliphatic carbocycles. The topological polar surface area (TPSA) is 71.6 Å². The predicted molar refractivity (Wildman–Crippen MR) is 100 cm³/mol. The second-order valence-electron chi connectivity index (χ2n) is 5.84. The molecular formula is C20H20N2O4. The molecule has 6 heteroatoms. The van der Waals surface area contributed by atoms with E-state index in [4.69, 9.17) is 9.47 Å². The van der Waals surface area contributed by atoms with Gasteiger partial charge in [0.05, 0.1) is 19.2 Å². The minimum absolute atomic E-state index is 0.217. The van der Waals surface area contributed by atoms with Crippen LogP contribution in [0.5, 0.6) is 11.5 Å². The summed E-state index contributed by atoms with van der Waals surface area (Å²) in [6, 6.07) is 15.8. The van der Waals surface area contributed by atoms with E-state index in [2.05, 4.69) is 4.98 Å². The number of hydrogen-bond acceptors (Lipinski definition) is 4. The highest BCUT2D eigenvalue weighted by Crippen LogP contribution is 2.18. The maximum atomic E-state index is 12.7. The molecule has 0 spiro atoms. The lowest BCUT2D eigenvalue weighted by Crippen LogP contribution is -2.31. The first kappa shape index (κ1) is 17.5. The number of nitrogens with zero attached hydrogens (tertiary/aromatic N) is 1. The Kier molecular flexibility index (Phi) is 5.22. The van der Waals surface area contributed by atoms with Crippen LogP contribution in [0, 0.1) is 0 Å². The van der Waals surface area contributed by atoms with Gasteiger partial charge in [0.2, 0.25) is 5.56 Å². The summed E-state index contributed by atoms with van der Waals surface area (Å²) in [6.45, 7) is 0.738. The molecule has 3 aromatic rings. The number of ether oxygens (including phenoxy) is 2. The zero-order valence-electron chi connectivity index (χ0n) is 14.7. The summed E-state index contributed by atoms with van der Waals surface area (Å²) in [7, 11) is 3.30. The third kappa shape index (κ3) is 3.85. The van der Waals surface area contributed by atoms with Gasteiger partial charge in [-0.3, -0.25) is 9.59 Å². The first-order valence-corrected chi connectivity index (χ1v) is 8.23. The third-order valence-corrected chi connectivity index (χ3v) is 4.08. The molecule has 0 aliphatic heterocycles. The summed E-state index contributed by atoms with van der Waals surface area (Å²) in [5.41, 5.74) is 0.734.